The van der Waals surface area contributed by atoms with Gasteiger partial charge in [0.15, 0.2) is 0 Å². The van der Waals surface area contributed by atoms with E-state index < -0.39 is 0 Å². The molecule has 1 aromatic heterocycles. The van der Waals surface area contributed by atoms with E-state index in [-0.39, 0.29) is 0 Å². The van der Waals surface area contributed by atoms with E-state index in [0.717, 1.165) is 45.6 Å². The minimum atomic E-state index is 0.777. The van der Waals surface area contributed by atoms with Crippen molar-refractivity contribution < 1.29 is 0 Å². The summed E-state index contributed by atoms with van der Waals surface area (Å²) in [6, 6.07) is 5.89. The summed E-state index contributed by atoms with van der Waals surface area (Å²) >= 11 is 7.77. The molecule has 0 spiro atoms. The quantitative estimate of drug-likeness (QED) is 0.855. The molecule has 18 heavy (non-hydrogen) atoms. The van der Waals surface area contributed by atoms with Crippen LogP contribution in [0.3, 0.4) is 0 Å². The van der Waals surface area contributed by atoms with Crippen LogP contribution in [0.25, 0.3) is 10.6 Å². The molecule has 0 fully saturated rings. The summed E-state index contributed by atoms with van der Waals surface area (Å²) < 4.78 is 0. The molecule has 2 rings (SSSR count). The number of benzene rings is 1. The van der Waals surface area contributed by atoms with Gasteiger partial charge < -0.3 is 5.32 Å². The van der Waals surface area contributed by atoms with E-state index in [4.69, 9.17) is 11.6 Å². The predicted octanol–water partition coefficient (Wildman–Crippen LogP) is 3.32. The number of aromatic nitrogens is 2. The summed E-state index contributed by atoms with van der Waals surface area (Å²) in [5.41, 5.74) is 2.15. The van der Waals surface area contributed by atoms with E-state index in [1.54, 1.807) is 11.3 Å². The van der Waals surface area contributed by atoms with Crippen molar-refractivity contribution in [1.82, 2.24) is 15.5 Å². The van der Waals surface area contributed by atoms with Crippen LogP contribution in [0, 0.1) is 6.92 Å². The van der Waals surface area contributed by atoms with Gasteiger partial charge in [-0.3, -0.25) is 0 Å². The Kier molecular flexibility index (Phi) is 4.69. The number of hydrogen-bond acceptors (Lipinski definition) is 4. The summed E-state index contributed by atoms with van der Waals surface area (Å²) in [6.45, 7) is 3.02. The van der Waals surface area contributed by atoms with Gasteiger partial charge in [0, 0.05) is 17.0 Å². The fourth-order valence-corrected chi connectivity index (χ4v) is 2.86. The monoisotopic (exact) mass is 281 g/mol. The third-order valence-electron chi connectivity index (χ3n) is 2.78. The summed E-state index contributed by atoms with van der Waals surface area (Å²) in [4.78, 5) is 0. The van der Waals surface area contributed by atoms with Crippen molar-refractivity contribution in [2.75, 3.05) is 13.6 Å². The van der Waals surface area contributed by atoms with Crippen LogP contribution in [0.15, 0.2) is 18.2 Å². The second kappa shape index (κ2) is 6.27. The molecule has 0 aliphatic heterocycles. The summed E-state index contributed by atoms with van der Waals surface area (Å²) in [5, 5.41) is 14.4. The Bertz CT molecular complexity index is 525. The lowest BCUT2D eigenvalue weighted by atomic mass is 10.1. The number of nitrogens with zero attached hydrogens (tertiary/aromatic N) is 2. The topological polar surface area (TPSA) is 37.8 Å². The zero-order valence-corrected chi connectivity index (χ0v) is 12.1. The van der Waals surface area contributed by atoms with Crippen molar-refractivity contribution >= 4 is 22.9 Å². The molecule has 0 atom stereocenters. The van der Waals surface area contributed by atoms with Gasteiger partial charge in [-0.2, -0.15) is 0 Å². The third-order valence-corrected chi connectivity index (χ3v) is 4.21. The van der Waals surface area contributed by atoms with E-state index in [2.05, 4.69) is 15.5 Å². The number of halogens is 1. The molecule has 2 aromatic rings. The first kappa shape index (κ1) is 13.5. The number of nitrogens with one attached hydrogen (secondary N) is 1. The molecular weight excluding hydrogens is 266 g/mol. The molecule has 3 nitrogen and oxygen atoms in total. The standard InChI is InChI=1S/C13H16ClN3S/c1-9-10(5-3-6-11(9)14)13-17-16-12(18-13)7-4-8-15-2/h3,5-6,15H,4,7-8H2,1-2H3. The second-order valence-corrected chi connectivity index (χ2v) is 5.59. The van der Waals surface area contributed by atoms with E-state index in [9.17, 15) is 0 Å². The van der Waals surface area contributed by atoms with Gasteiger partial charge in [0.1, 0.15) is 10.0 Å². The summed E-state index contributed by atoms with van der Waals surface area (Å²) in [5.74, 6) is 0. The Labute approximate surface area is 116 Å². The largest absolute Gasteiger partial charge is 0.320 e. The highest BCUT2D eigenvalue weighted by Crippen LogP contribution is 2.30. The molecule has 0 bridgehead atoms. The van der Waals surface area contributed by atoms with Gasteiger partial charge >= 0.3 is 0 Å². The molecule has 96 valence electrons. The normalized spacial score (nSPS) is 10.8. The van der Waals surface area contributed by atoms with Gasteiger partial charge in [-0.1, -0.05) is 35.1 Å². The molecule has 0 aliphatic rings. The Morgan fingerprint density at radius 3 is 2.94 bits per heavy atom. The third kappa shape index (κ3) is 3.07. The molecule has 0 amide bonds. The SMILES string of the molecule is CNCCCc1nnc(-c2cccc(Cl)c2C)s1. The van der Waals surface area contributed by atoms with Gasteiger partial charge in [-0.15, -0.1) is 10.2 Å². The highest BCUT2D eigenvalue weighted by Gasteiger charge is 2.10. The van der Waals surface area contributed by atoms with Crippen LogP contribution in [0.4, 0.5) is 0 Å². The van der Waals surface area contributed by atoms with Crippen molar-refractivity contribution in [2.24, 2.45) is 0 Å². The van der Waals surface area contributed by atoms with Crippen molar-refractivity contribution in [3.63, 3.8) is 0 Å². The maximum Gasteiger partial charge on any atom is 0.148 e. The van der Waals surface area contributed by atoms with Gasteiger partial charge in [0.05, 0.1) is 0 Å². The average molecular weight is 282 g/mol. The predicted molar refractivity (Wildman–Crippen MR) is 77.3 cm³/mol. The summed E-state index contributed by atoms with van der Waals surface area (Å²) in [7, 11) is 1.96. The molecule has 0 radical (unpaired) electrons. The van der Waals surface area contributed by atoms with E-state index >= 15 is 0 Å². The van der Waals surface area contributed by atoms with Gasteiger partial charge in [-0.25, -0.2) is 0 Å². The summed E-state index contributed by atoms with van der Waals surface area (Å²) in [6.07, 6.45) is 2.05. The first-order valence-corrected chi connectivity index (χ1v) is 7.14. The molecule has 0 unspecified atom stereocenters. The lowest BCUT2D eigenvalue weighted by Crippen LogP contribution is -2.08. The minimum absolute atomic E-state index is 0.777. The van der Waals surface area contributed by atoms with Gasteiger partial charge in [-0.05, 0) is 38.6 Å². The number of hydrogen-bond donors (Lipinski definition) is 1. The minimum Gasteiger partial charge on any atom is -0.320 e. The fraction of sp³-hybridized carbons (Fsp3) is 0.385. The van der Waals surface area contributed by atoms with Gasteiger partial charge in [0.2, 0.25) is 0 Å². The highest BCUT2D eigenvalue weighted by atomic mass is 35.5. The molecular formula is C13H16ClN3S. The molecule has 1 N–H and O–H groups in total. The Hall–Kier alpha value is -0.970. The van der Waals surface area contributed by atoms with Gasteiger partial charge in [0.25, 0.3) is 0 Å². The molecule has 5 heteroatoms. The van der Waals surface area contributed by atoms with Crippen LogP contribution < -0.4 is 5.32 Å². The van der Waals surface area contributed by atoms with Crippen LogP contribution in [0.2, 0.25) is 5.02 Å². The van der Waals surface area contributed by atoms with Crippen molar-refractivity contribution in [3.8, 4) is 10.6 Å². The Morgan fingerprint density at radius 1 is 1.33 bits per heavy atom. The smallest absolute Gasteiger partial charge is 0.148 e. The first-order chi connectivity index (χ1) is 8.72. The molecule has 1 aromatic carbocycles. The van der Waals surface area contributed by atoms with Crippen molar-refractivity contribution in [2.45, 2.75) is 19.8 Å². The van der Waals surface area contributed by atoms with Crippen LogP contribution in [-0.4, -0.2) is 23.8 Å². The number of rotatable bonds is 5. The Morgan fingerprint density at radius 2 is 2.17 bits per heavy atom. The molecule has 0 saturated carbocycles. The fourth-order valence-electron chi connectivity index (χ4n) is 1.72. The van der Waals surface area contributed by atoms with E-state index in [1.807, 2.05) is 32.2 Å². The van der Waals surface area contributed by atoms with Crippen LogP contribution in [0.5, 0.6) is 0 Å². The average Bonchev–Trinajstić information content (AvgIpc) is 2.82. The number of aryl methyl sites for hydroxylation is 1. The zero-order valence-electron chi connectivity index (χ0n) is 10.5. The molecule has 1 heterocycles. The second-order valence-electron chi connectivity index (χ2n) is 4.12. The maximum atomic E-state index is 6.12. The lowest BCUT2D eigenvalue weighted by Gasteiger charge is -2.02. The lowest BCUT2D eigenvalue weighted by molar-refractivity contribution is 0.718. The van der Waals surface area contributed by atoms with Crippen LogP contribution in [0.1, 0.15) is 17.0 Å². The molecule has 0 saturated heterocycles. The van der Waals surface area contributed by atoms with E-state index in [1.165, 1.54) is 0 Å². The zero-order chi connectivity index (χ0) is 13.0. The van der Waals surface area contributed by atoms with Crippen LogP contribution in [-0.2, 0) is 6.42 Å². The van der Waals surface area contributed by atoms with Crippen molar-refractivity contribution in [1.29, 1.82) is 0 Å². The highest BCUT2D eigenvalue weighted by molar-refractivity contribution is 7.14. The molecule has 0 aliphatic carbocycles. The Balaban J connectivity index is 2.16. The maximum absolute atomic E-state index is 6.12. The van der Waals surface area contributed by atoms with Crippen LogP contribution >= 0.6 is 22.9 Å². The van der Waals surface area contributed by atoms with Crippen molar-refractivity contribution in [3.05, 3.63) is 33.8 Å². The van der Waals surface area contributed by atoms with E-state index in [0.29, 0.717) is 0 Å². The first-order valence-electron chi connectivity index (χ1n) is 5.95.